The van der Waals surface area contributed by atoms with Gasteiger partial charge >= 0.3 is 0 Å². The molecule has 0 amide bonds. The molecule has 0 bridgehead atoms. The van der Waals surface area contributed by atoms with Gasteiger partial charge in [-0.15, -0.1) is 47.0 Å². The van der Waals surface area contributed by atoms with Gasteiger partial charge in [-0.2, -0.15) is 23.5 Å². The molecule has 192 valence electrons. The lowest BCUT2D eigenvalue weighted by Crippen LogP contribution is -2.20. The molecule has 6 atom stereocenters. The quantitative estimate of drug-likeness (QED) is 0.184. The zero-order valence-corrected chi connectivity index (χ0v) is 26.1. The second-order valence-electron chi connectivity index (χ2n) is 8.68. The van der Waals surface area contributed by atoms with Crippen LogP contribution in [-0.4, -0.2) is 75.9 Å². The van der Waals surface area contributed by atoms with Gasteiger partial charge in [0.1, 0.15) is 0 Å². The number of rotatable bonds is 14. The predicted octanol–water partition coefficient (Wildman–Crippen LogP) is 7.50. The van der Waals surface area contributed by atoms with Gasteiger partial charge in [0.05, 0.1) is 9.16 Å². The largest absolute Gasteiger partial charge is 0.282 e. The van der Waals surface area contributed by atoms with E-state index in [4.69, 9.17) is 0 Å². The highest BCUT2D eigenvalue weighted by atomic mass is 32.2. The Labute approximate surface area is 240 Å². The minimum atomic E-state index is 0.106. The van der Waals surface area contributed by atoms with Crippen molar-refractivity contribution in [2.45, 2.75) is 45.3 Å². The fraction of sp³-hybridized carbons (Fsp3) is 0.750. The molecule has 1 aliphatic carbocycles. The molecule has 6 unspecified atom stereocenters. The molecule has 3 fully saturated rings. The fourth-order valence-electron chi connectivity index (χ4n) is 4.20. The standard InChI is InChI=1S/C24H36O2S8/c1-3-21(25)29-11-19-13-31-23(33-19)15-27-9-17-6-5-7-18(8-17)10-28-16-24-32-14-20(34-24)12-30-22(26)4-2/h3-4,17-20,23-24H,1-2,5-16H2. The first-order chi connectivity index (χ1) is 16.6. The Morgan fingerprint density at radius 3 is 1.65 bits per heavy atom. The summed E-state index contributed by atoms with van der Waals surface area (Å²) >= 11 is 15.5. The normalized spacial score (nSPS) is 31.4. The van der Waals surface area contributed by atoms with Crippen LogP contribution in [0, 0.1) is 11.8 Å². The van der Waals surface area contributed by atoms with Crippen LogP contribution in [0.5, 0.6) is 0 Å². The van der Waals surface area contributed by atoms with Gasteiger partial charge in [0.15, 0.2) is 0 Å². The maximum absolute atomic E-state index is 11.4. The van der Waals surface area contributed by atoms with Crippen LogP contribution in [0.4, 0.5) is 0 Å². The van der Waals surface area contributed by atoms with E-state index < -0.39 is 0 Å². The van der Waals surface area contributed by atoms with Crippen molar-refractivity contribution in [3.63, 3.8) is 0 Å². The molecule has 10 heteroatoms. The molecule has 2 aliphatic heterocycles. The highest BCUT2D eigenvalue weighted by molar-refractivity contribution is 8.23. The lowest BCUT2D eigenvalue weighted by atomic mass is 9.83. The third kappa shape index (κ3) is 11.6. The highest BCUT2D eigenvalue weighted by Crippen LogP contribution is 2.43. The molecule has 0 aromatic carbocycles. The first kappa shape index (κ1) is 30.2. The Morgan fingerprint density at radius 1 is 0.735 bits per heavy atom. The van der Waals surface area contributed by atoms with Crippen molar-refractivity contribution in [2.24, 2.45) is 11.8 Å². The molecule has 0 spiro atoms. The molecule has 2 heterocycles. The molecule has 34 heavy (non-hydrogen) atoms. The molecule has 0 radical (unpaired) electrons. The summed E-state index contributed by atoms with van der Waals surface area (Å²) < 4.78 is 1.39. The smallest absolute Gasteiger partial charge is 0.211 e. The van der Waals surface area contributed by atoms with Crippen LogP contribution in [0.1, 0.15) is 25.7 Å². The summed E-state index contributed by atoms with van der Waals surface area (Å²) in [6.07, 6.45) is 8.52. The van der Waals surface area contributed by atoms with E-state index in [0.717, 1.165) is 23.3 Å². The van der Waals surface area contributed by atoms with E-state index in [0.29, 0.717) is 19.7 Å². The maximum Gasteiger partial charge on any atom is 0.211 e. The Bertz CT molecular complexity index is 621. The van der Waals surface area contributed by atoms with Gasteiger partial charge in [-0.05, 0) is 54.8 Å². The minimum Gasteiger partial charge on any atom is -0.282 e. The number of carbonyl (C=O) groups excluding carboxylic acids is 2. The van der Waals surface area contributed by atoms with Crippen molar-refractivity contribution in [1.82, 2.24) is 0 Å². The first-order valence-corrected chi connectivity index (χ1v) is 20.1. The van der Waals surface area contributed by atoms with Crippen LogP contribution in [0.25, 0.3) is 0 Å². The third-order valence-electron chi connectivity index (χ3n) is 5.89. The Morgan fingerprint density at radius 2 is 1.21 bits per heavy atom. The molecule has 2 saturated heterocycles. The van der Waals surface area contributed by atoms with E-state index in [1.165, 1.54) is 95.9 Å². The lowest BCUT2D eigenvalue weighted by Gasteiger charge is -2.29. The molecular weight excluding hydrogens is 577 g/mol. The van der Waals surface area contributed by atoms with E-state index in [-0.39, 0.29) is 10.2 Å². The van der Waals surface area contributed by atoms with Gasteiger partial charge in [-0.3, -0.25) is 9.59 Å². The van der Waals surface area contributed by atoms with Crippen LogP contribution in [0.15, 0.2) is 25.3 Å². The SMILES string of the molecule is C=CC(=O)SCC1CSC(CSCC2CCCC(CSCC3SCC(CSC(=O)C=C)S3)C2)S1. The van der Waals surface area contributed by atoms with Crippen molar-refractivity contribution in [3.05, 3.63) is 25.3 Å². The summed E-state index contributed by atoms with van der Waals surface area (Å²) in [5, 5.41) is 1.43. The number of carbonyl (C=O) groups is 2. The van der Waals surface area contributed by atoms with Crippen LogP contribution in [0.2, 0.25) is 0 Å². The Balaban J connectivity index is 1.22. The van der Waals surface area contributed by atoms with E-state index in [1.807, 2.05) is 0 Å². The van der Waals surface area contributed by atoms with Crippen LogP contribution in [-0.2, 0) is 9.59 Å². The monoisotopic (exact) mass is 612 g/mol. The van der Waals surface area contributed by atoms with Gasteiger partial charge in [-0.1, -0.05) is 43.1 Å². The molecule has 0 aromatic heterocycles. The van der Waals surface area contributed by atoms with E-state index in [2.05, 4.69) is 83.7 Å². The van der Waals surface area contributed by atoms with Crippen LogP contribution in [0.3, 0.4) is 0 Å². The topological polar surface area (TPSA) is 34.1 Å². The van der Waals surface area contributed by atoms with Gasteiger partial charge in [0.2, 0.25) is 10.2 Å². The number of hydrogen-bond donors (Lipinski definition) is 0. The summed E-state index contributed by atoms with van der Waals surface area (Å²) in [6, 6.07) is 0. The maximum atomic E-state index is 11.4. The molecule has 3 aliphatic rings. The number of hydrogen-bond acceptors (Lipinski definition) is 10. The molecular formula is C24H36O2S8. The van der Waals surface area contributed by atoms with Crippen LogP contribution < -0.4 is 0 Å². The van der Waals surface area contributed by atoms with Crippen molar-refractivity contribution < 1.29 is 9.59 Å². The Kier molecular flexibility index (Phi) is 15.3. The number of thioether (sulfide) groups is 8. The summed E-state index contributed by atoms with van der Waals surface area (Å²) in [4.78, 5) is 22.9. The minimum absolute atomic E-state index is 0.106. The van der Waals surface area contributed by atoms with E-state index in [9.17, 15) is 9.59 Å². The highest BCUT2D eigenvalue weighted by Gasteiger charge is 2.29. The van der Waals surface area contributed by atoms with E-state index in [1.54, 1.807) is 0 Å². The summed E-state index contributed by atoms with van der Waals surface area (Å²) in [5.74, 6) is 11.2. The second-order valence-corrected chi connectivity index (χ2v) is 19.0. The van der Waals surface area contributed by atoms with Gasteiger partial charge in [0.25, 0.3) is 0 Å². The predicted molar refractivity (Wildman–Crippen MR) is 171 cm³/mol. The summed E-state index contributed by atoms with van der Waals surface area (Å²) in [7, 11) is 0. The van der Waals surface area contributed by atoms with Crippen molar-refractivity contribution in [2.75, 3.05) is 46.0 Å². The van der Waals surface area contributed by atoms with Crippen molar-refractivity contribution in [1.29, 1.82) is 0 Å². The Hall–Kier alpha value is 1.62. The average molecular weight is 613 g/mol. The lowest BCUT2D eigenvalue weighted by molar-refractivity contribution is -0.107. The second kappa shape index (κ2) is 17.3. The molecule has 1 saturated carbocycles. The molecule has 3 rings (SSSR count). The summed E-state index contributed by atoms with van der Waals surface area (Å²) in [5.41, 5.74) is 0. The zero-order valence-electron chi connectivity index (χ0n) is 19.6. The van der Waals surface area contributed by atoms with Crippen molar-refractivity contribution in [3.8, 4) is 0 Å². The van der Waals surface area contributed by atoms with E-state index >= 15 is 0 Å². The fourth-order valence-corrected chi connectivity index (χ4v) is 16.3. The molecule has 0 aromatic rings. The van der Waals surface area contributed by atoms with Gasteiger partial charge in [0, 0.05) is 45.0 Å². The van der Waals surface area contributed by atoms with Crippen molar-refractivity contribution >= 4 is 104 Å². The first-order valence-electron chi connectivity index (χ1n) is 11.8. The third-order valence-corrected chi connectivity index (χ3v) is 18.3. The molecule has 2 nitrogen and oxygen atoms in total. The van der Waals surface area contributed by atoms with Crippen LogP contribution >= 0.6 is 94.1 Å². The zero-order chi connectivity index (χ0) is 24.2. The molecule has 0 N–H and O–H groups in total. The van der Waals surface area contributed by atoms with Gasteiger partial charge < -0.3 is 0 Å². The average Bonchev–Trinajstić information content (AvgIpc) is 3.50. The summed E-state index contributed by atoms with van der Waals surface area (Å²) in [6.45, 7) is 7.12. The van der Waals surface area contributed by atoms with Gasteiger partial charge in [-0.25, -0.2) is 0 Å².